The molecule has 0 N–H and O–H groups in total. The zero-order valence-electron chi connectivity index (χ0n) is 7.17. The van der Waals surface area contributed by atoms with Crippen LogP contribution in [0.15, 0.2) is 36.4 Å². The number of benzene rings is 2. The number of rotatable bonds is 1. The first-order chi connectivity index (χ1) is 6.31. The molecule has 0 fully saturated rings. The molecule has 0 saturated heterocycles. The molecule has 0 aliphatic heterocycles. The predicted molar refractivity (Wildman–Crippen MR) is 50.1 cm³/mol. The van der Waals surface area contributed by atoms with Crippen molar-refractivity contribution in [3.8, 4) is 5.75 Å². The normalized spacial score (nSPS) is 10.4. The van der Waals surface area contributed by atoms with Crippen LogP contribution in [0, 0.1) is 0 Å². The molecule has 70 valence electrons. The Morgan fingerprint density at radius 2 is 2.00 bits per heavy atom. The first kappa shape index (κ1) is 8.61. The Labute approximate surface area is 85.5 Å². The summed E-state index contributed by atoms with van der Waals surface area (Å²) in [5, 5.41) is 2.23. The van der Waals surface area contributed by atoms with E-state index in [1.807, 2.05) is 36.4 Å². The van der Waals surface area contributed by atoms with Crippen molar-refractivity contribution >= 4 is 15.2 Å². The van der Waals surface area contributed by atoms with Gasteiger partial charge in [0.15, 0.2) is 0 Å². The Hall–Kier alpha value is -0.981. The molecule has 1 nitrogen and oxygen atoms in total. The van der Waals surface area contributed by atoms with Gasteiger partial charge < -0.3 is 0 Å². The van der Waals surface area contributed by atoms with E-state index in [1.165, 1.54) is 0 Å². The molecule has 0 heterocycles. The number of fused-ring (bicyclic) bond motifs is 1. The standard InChI is InChI=1S/C11H9O.Cu/c1-12-11-7-6-9-4-2-3-5-10(9)8-11;/h2-3,5-8H,1H3;. The van der Waals surface area contributed by atoms with Gasteiger partial charge in [0.1, 0.15) is 0 Å². The average molecular weight is 221 g/mol. The van der Waals surface area contributed by atoms with Gasteiger partial charge in [0.25, 0.3) is 0 Å². The van der Waals surface area contributed by atoms with Gasteiger partial charge in [-0.2, -0.15) is 0 Å². The fourth-order valence-corrected chi connectivity index (χ4v) is 1.63. The second kappa shape index (κ2) is 3.41. The number of hydrogen-bond acceptors (Lipinski definition) is 1. The van der Waals surface area contributed by atoms with Gasteiger partial charge in [-0.25, -0.2) is 0 Å². The van der Waals surface area contributed by atoms with E-state index in [4.69, 9.17) is 20.7 Å². The maximum absolute atomic E-state index is 5.35. The van der Waals surface area contributed by atoms with Gasteiger partial charge in [-0.3, -0.25) is 0 Å². The van der Waals surface area contributed by atoms with Gasteiger partial charge >= 0.3 is 85.2 Å². The molecular weight excluding hydrogens is 212 g/mol. The van der Waals surface area contributed by atoms with E-state index in [2.05, 4.69) is 0 Å². The molecular formula is C11H9CuO. The van der Waals surface area contributed by atoms with Crippen LogP contribution in [-0.4, -0.2) is 7.11 Å². The van der Waals surface area contributed by atoms with Crippen LogP contribution in [0.5, 0.6) is 5.75 Å². The SMILES string of the molecule is COc1ccc2[c]([Cu])cccc2c1. The molecule has 0 bridgehead atoms. The molecule has 0 radical (unpaired) electrons. The minimum atomic E-state index is 0.866. The summed E-state index contributed by atoms with van der Waals surface area (Å²) in [6, 6.07) is 11.8. The topological polar surface area (TPSA) is 9.23 Å². The second-order valence-electron chi connectivity index (χ2n) is 2.79. The van der Waals surface area contributed by atoms with Crippen molar-refractivity contribution in [3.05, 3.63) is 36.4 Å². The molecule has 0 saturated carbocycles. The van der Waals surface area contributed by atoms with Crippen LogP contribution in [0.1, 0.15) is 0 Å². The molecule has 0 aromatic heterocycles. The third kappa shape index (κ3) is 1.55. The van der Waals surface area contributed by atoms with Crippen LogP contribution >= 0.6 is 0 Å². The van der Waals surface area contributed by atoms with E-state index >= 15 is 0 Å². The molecule has 0 amide bonds. The van der Waals surface area contributed by atoms with Crippen LogP contribution in [0.3, 0.4) is 0 Å². The van der Waals surface area contributed by atoms with E-state index in [0.29, 0.717) is 0 Å². The number of ether oxygens (including phenoxy) is 1. The molecule has 0 aliphatic carbocycles. The number of methoxy groups -OCH3 is 1. The van der Waals surface area contributed by atoms with Gasteiger partial charge in [0.2, 0.25) is 0 Å². The van der Waals surface area contributed by atoms with Crippen LogP contribution in [0.4, 0.5) is 0 Å². The van der Waals surface area contributed by atoms with Crippen molar-refractivity contribution in [1.29, 1.82) is 0 Å². The molecule has 2 aromatic rings. The molecule has 0 spiro atoms. The van der Waals surface area contributed by atoms with Gasteiger partial charge in [0, 0.05) is 0 Å². The molecule has 0 aliphatic rings. The van der Waals surface area contributed by atoms with Crippen LogP contribution in [0.25, 0.3) is 10.8 Å². The molecule has 2 aromatic carbocycles. The molecule has 2 heteroatoms. The average Bonchev–Trinajstić information content (AvgIpc) is 2.18. The fourth-order valence-electron chi connectivity index (χ4n) is 1.32. The quantitative estimate of drug-likeness (QED) is 0.669. The van der Waals surface area contributed by atoms with E-state index in [9.17, 15) is 0 Å². The van der Waals surface area contributed by atoms with Gasteiger partial charge in [-0.15, -0.1) is 0 Å². The summed E-state index contributed by atoms with van der Waals surface area (Å²) in [6.45, 7) is 0. The Balaban J connectivity index is 2.72. The summed E-state index contributed by atoms with van der Waals surface area (Å²) in [7, 11) is 1.66. The summed E-state index contributed by atoms with van der Waals surface area (Å²) < 4.78 is 5.99. The summed E-state index contributed by atoms with van der Waals surface area (Å²) in [4.78, 5) is 0. The van der Waals surface area contributed by atoms with Gasteiger partial charge in [0.05, 0.1) is 0 Å². The zero-order valence-corrected chi connectivity index (χ0v) is 8.12. The van der Waals surface area contributed by atoms with Crippen LogP contribution in [0.2, 0.25) is 0 Å². The van der Waals surface area contributed by atoms with E-state index < -0.39 is 0 Å². The Morgan fingerprint density at radius 1 is 1.15 bits per heavy atom. The van der Waals surface area contributed by atoms with Crippen molar-refractivity contribution in [3.63, 3.8) is 0 Å². The third-order valence-electron chi connectivity index (χ3n) is 2.00. The van der Waals surface area contributed by atoms with E-state index in [-0.39, 0.29) is 0 Å². The Bertz CT molecular complexity index is 437. The predicted octanol–water partition coefficient (Wildman–Crippen LogP) is 2.02. The molecule has 2 rings (SSSR count). The third-order valence-corrected chi connectivity index (χ3v) is 2.41. The van der Waals surface area contributed by atoms with Crippen molar-refractivity contribution in [2.24, 2.45) is 0 Å². The summed E-state index contributed by atoms with van der Waals surface area (Å²) in [5.41, 5.74) is 0. The second-order valence-corrected chi connectivity index (χ2v) is 3.29. The van der Waals surface area contributed by atoms with Crippen LogP contribution in [-0.2, 0) is 16.0 Å². The van der Waals surface area contributed by atoms with Gasteiger partial charge in [-0.05, 0) is 0 Å². The maximum atomic E-state index is 5.35. The van der Waals surface area contributed by atoms with Crippen molar-refractivity contribution < 1.29 is 20.7 Å². The Morgan fingerprint density at radius 3 is 2.77 bits per heavy atom. The van der Waals surface area contributed by atoms with E-state index in [0.717, 1.165) is 21.0 Å². The molecule has 0 unspecified atom stereocenters. The molecule has 13 heavy (non-hydrogen) atoms. The first-order valence-corrected chi connectivity index (χ1v) is 4.47. The first-order valence-electron chi connectivity index (χ1n) is 4.00. The fraction of sp³-hybridized carbons (Fsp3) is 0.0909. The number of hydrogen-bond donors (Lipinski definition) is 0. The van der Waals surface area contributed by atoms with Crippen LogP contribution < -0.4 is 9.20 Å². The molecule has 0 atom stereocenters. The van der Waals surface area contributed by atoms with E-state index in [1.54, 1.807) is 7.11 Å². The van der Waals surface area contributed by atoms with Crippen molar-refractivity contribution in [2.45, 2.75) is 0 Å². The monoisotopic (exact) mass is 220 g/mol. The zero-order chi connectivity index (χ0) is 9.26. The summed E-state index contributed by atoms with van der Waals surface area (Å²) in [5.74, 6) is 0.866. The Kier molecular flexibility index (Phi) is 2.26. The van der Waals surface area contributed by atoms with Gasteiger partial charge in [-0.1, -0.05) is 0 Å². The summed E-state index contributed by atoms with van der Waals surface area (Å²) in [6.07, 6.45) is 0. The minimum absolute atomic E-state index is 0.866. The van der Waals surface area contributed by atoms with Crippen molar-refractivity contribution in [1.82, 2.24) is 0 Å². The summed E-state index contributed by atoms with van der Waals surface area (Å²) >= 11 is 5.35. The van der Waals surface area contributed by atoms with Crippen molar-refractivity contribution in [2.75, 3.05) is 7.11 Å².